The molecule has 2 aromatic heterocycles. The molecule has 0 bridgehead atoms. The average molecular weight is 573 g/mol. The van der Waals surface area contributed by atoms with Crippen LogP contribution in [0.2, 0.25) is 0 Å². The van der Waals surface area contributed by atoms with E-state index in [4.69, 9.17) is 9.97 Å². The number of benzene rings is 4. The Bertz CT molecular complexity index is 1940. The van der Waals surface area contributed by atoms with Gasteiger partial charge in [0.2, 0.25) is 0 Å². The molecule has 0 amide bonds. The molecule has 1 aliphatic rings. The summed E-state index contributed by atoms with van der Waals surface area (Å²) in [6.07, 6.45) is 0. The molecule has 3 heterocycles. The molecule has 40 heavy (non-hydrogen) atoms. The standard InChI is InChI=1S/C34H25N2OPS2/c1-22-30(35-33(39-22)24-14-6-3-7-15-24)29-27-20-12-13-21-28(27)38(37,26-18-10-5-11-19-26)32(29)31-23(2)40-34(36-31)25-16-8-4-9-17-25/h3-21H,1-2H3/t38-/m0/s1. The first kappa shape index (κ1) is 25.1. The maximum Gasteiger partial charge on any atom is 0.174 e. The zero-order chi connectivity index (χ0) is 27.3. The number of aryl methyl sites for hydroxylation is 2. The van der Waals surface area contributed by atoms with Crippen molar-refractivity contribution < 1.29 is 4.57 Å². The average Bonchev–Trinajstić information content (AvgIpc) is 3.66. The molecular weight excluding hydrogens is 547 g/mol. The van der Waals surface area contributed by atoms with Crippen LogP contribution in [-0.2, 0) is 4.57 Å². The lowest BCUT2D eigenvalue weighted by atomic mass is 10.0. The van der Waals surface area contributed by atoms with Crippen LogP contribution in [-0.4, -0.2) is 9.97 Å². The van der Waals surface area contributed by atoms with Crippen LogP contribution >= 0.6 is 29.8 Å². The third kappa shape index (κ3) is 3.97. The van der Waals surface area contributed by atoms with Gasteiger partial charge in [-0.25, -0.2) is 9.97 Å². The van der Waals surface area contributed by atoms with Gasteiger partial charge in [0.1, 0.15) is 10.0 Å². The molecule has 0 aliphatic carbocycles. The monoisotopic (exact) mass is 572 g/mol. The number of hydrogen-bond donors (Lipinski definition) is 0. The van der Waals surface area contributed by atoms with E-state index in [1.165, 1.54) is 0 Å². The van der Waals surface area contributed by atoms with Crippen LogP contribution < -0.4 is 10.6 Å². The van der Waals surface area contributed by atoms with E-state index in [1.807, 2.05) is 84.9 Å². The van der Waals surface area contributed by atoms with Gasteiger partial charge in [0, 0.05) is 37.1 Å². The number of rotatable bonds is 5. The number of thiazole rings is 2. The Kier molecular flexibility index (Phi) is 6.24. The number of fused-ring (bicyclic) bond motifs is 1. The first-order valence-electron chi connectivity index (χ1n) is 13.1. The summed E-state index contributed by atoms with van der Waals surface area (Å²) < 4.78 is 15.7. The normalized spacial score (nSPS) is 16.4. The largest absolute Gasteiger partial charge is 0.309 e. The summed E-state index contributed by atoms with van der Waals surface area (Å²) in [4.78, 5) is 12.5. The summed E-state index contributed by atoms with van der Waals surface area (Å²) in [7, 11) is -3.27. The molecule has 0 unspecified atom stereocenters. The third-order valence-electron chi connectivity index (χ3n) is 7.28. The van der Waals surface area contributed by atoms with Crippen molar-refractivity contribution in [2.24, 2.45) is 0 Å². The van der Waals surface area contributed by atoms with Crippen LogP contribution in [0.4, 0.5) is 0 Å². The lowest BCUT2D eigenvalue weighted by Gasteiger charge is -2.18. The van der Waals surface area contributed by atoms with Gasteiger partial charge in [0.15, 0.2) is 7.14 Å². The van der Waals surface area contributed by atoms with Gasteiger partial charge < -0.3 is 4.57 Å². The van der Waals surface area contributed by atoms with Crippen LogP contribution in [0.25, 0.3) is 32.0 Å². The first-order chi connectivity index (χ1) is 19.6. The molecule has 0 fully saturated rings. The first-order valence-corrected chi connectivity index (χ1v) is 16.5. The number of aromatic nitrogens is 2. The Morgan fingerprint density at radius 3 is 1.65 bits per heavy atom. The second kappa shape index (κ2) is 9.94. The van der Waals surface area contributed by atoms with E-state index in [2.05, 4.69) is 44.2 Å². The quantitative estimate of drug-likeness (QED) is 0.194. The van der Waals surface area contributed by atoms with Gasteiger partial charge in [-0.15, -0.1) is 22.7 Å². The van der Waals surface area contributed by atoms with Crippen molar-refractivity contribution in [2.75, 3.05) is 0 Å². The zero-order valence-corrected chi connectivity index (χ0v) is 24.6. The van der Waals surface area contributed by atoms with Crippen molar-refractivity contribution in [3.8, 4) is 21.1 Å². The minimum absolute atomic E-state index is 0.795. The van der Waals surface area contributed by atoms with Crippen LogP contribution in [0, 0.1) is 13.8 Å². The third-order valence-corrected chi connectivity index (χ3v) is 12.5. The molecule has 0 N–H and O–H groups in total. The Labute approximate surface area is 241 Å². The highest BCUT2D eigenvalue weighted by molar-refractivity contribution is 7.88. The highest BCUT2D eigenvalue weighted by Crippen LogP contribution is 2.66. The van der Waals surface area contributed by atoms with Crippen LogP contribution in [0.5, 0.6) is 0 Å². The van der Waals surface area contributed by atoms with E-state index >= 15 is 4.57 Å². The second-order valence-electron chi connectivity index (χ2n) is 9.77. The van der Waals surface area contributed by atoms with Crippen molar-refractivity contribution in [1.29, 1.82) is 0 Å². The van der Waals surface area contributed by atoms with E-state index in [-0.39, 0.29) is 0 Å². The minimum atomic E-state index is -3.27. The van der Waals surface area contributed by atoms with Gasteiger partial charge >= 0.3 is 0 Å². The Morgan fingerprint density at radius 2 is 1.05 bits per heavy atom. The van der Waals surface area contributed by atoms with E-state index in [1.54, 1.807) is 22.7 Å². The molecule has 1 atom stereocenters. The molecule has 194 valence electrons. The van der Waals surface area contributed by atoms with Crippen molar-refractivity contribution in [2.45, 2.75) is 13.8 Å². The Morgan fingerprint density at radius 1 is 0.575 bits per heavy atom. The molecule has 0 saturated heterocycles. The van der Waals surface area contributed by atoms with E-state index in [0.29, 0.717) is 0 Å². The van der Waals surface area contributed by atoms with Gasteiger partial charge in [0.05, 0.1) is 16.7 Å². The lowest BCUT2D eigenvalue weighted by molar-refractivity contribution is 0.593. The van der Waals surface area contributed by atoms with Crippen molar-refractivity contribution in [1.82, 2.24) is 9.97 Å². The fourth-order valence-electron chi connectivity index (χ4n) is 5.43. The summed E-state index contributed by atoms with van der Waals surface area (Å²) in [6, 6.07) is 38.5. The van der Waals surface area contributed by atoms with Crippen molar-refractivity contribution in [3.63, 3.8) is 0 Å². The van der Waals surface area contributed by atoms with Gasteiger partial charge in [0.25, 0.3) is 0 Å². The summed E-state index contributed by atoms with van der Waals surface area (Å²) in [5.74, 6) is 0. The molecule has 0 spiro atoms. The smallest absolute Gasteiger partial charge is 0.174 e. The molecule has 1 aliphatic heterocycles. The van der Waals surface area contributed by atoms with Gasteiger partial charge in [-0.2, -0.15) is 0 Å². The molecule has 3 nitrogen and oxygen atoms in total. The van der Waals surface area contributed by atoms with Gasteiger partial charge in [-0.05, 0) is 19.4 Å². The van der Waals surface area contributed by atoms with Gasteiger partial charge in [-0.1, -0.05) is 115 Å². The van der Waals surface area contributed by atoms with E-state index in [0.717, 1.165) is 69.3 Å². The Balaban J connectivity index is 1.56. The van der Waals surface area contributed by atoms with Crippen LogP contribution in [0.3, 0.4) is 0 Å². The summed E-state index contributed by atoms with van der Waals surface area (Å²) in [5, 5.41) is 4.35. The fraction of sp³-hybridized carbons (Fsp3) is 0.0588. The molecule has 6 aromatic rings. The topological polar surface area (TPSA) is 42.9 Å². The van der Waals surface area contributed by atoms with Crippen molar-refractivity contribution >= 4 is 51.3 Å². The number of nitrogens with zero attached hydrogens (tertiary/aromatic N) is 2. The Hall–Kier alpha value is -3.89. The number of hydrogen-bond acceptors (Lipinski definition) is 5. The molecule has 7 rings (SSSR count). The maximum atomic E-state index is 15.7. The van der Waals surface area contributed by atoms with E-state index in [9.17, 15) is 0 Å². The van der Waals surface area contributed by atoms with E-state index < -0.39 is 7.14 Å². The molecular formula is C34H25N2OPS2. The van der Waals surface area contributed by atoms with Crippen LogP contribution in [0.1, 0.15) is 26.7 Å². The fourth-order valence-corrected chi connectivity index (χ4v) is 10.6. The predicted molar refractivity (Wildman–Crippen MR) is 170 cm³/mol. The zero-order valence-electron chi connectivity index (χ0n) is 22.0. The molecule has 0 radical (unpaired) electrons. The summed E-state index contributed by atoms with van der Waals surface area (Å²) in [5.41, 5.74) is 5.74. The highest BCUT2D eigenvalue weighted by Gasteiger charge is 2.45. The molecule has 4 aromatic carbocycles. The molecule has 0 saturated carbocycles. The lowest BCUT2D eigenvalue weighted by Crippen LogP contribution is -2.15. The summed E-state index contributed by atoms with van der Waals surface area (Å²) in [6.45, 7) is 4.20. The van der Waals surface area contributed by atoms with Gasteiger partial charge in [-0.3, -0.25) is 0 Å². The SMILES string of the molecule is Cc1sc(-c2ccccc2)nc1C1=C(c2nc(-c3ccccc3)sc2C)[P@](=O)(c2ccccc2)c2ccccc21. The molecule has 6 heteroatoms. The van der Waals surface area contributed by atoms with Crippen LogP contribution in [0.15, 0.2) is 115 Å². The second-order valence-corrected chi connectivity index (χ2v) is 14.8. The highest BCUT2D eigenvalue weighted by atomic mass is 32.1. The predicted octanol–water partition coefficient (Wildman–Crippen LogP) is 8.79. The maximum absolute atomic E-state index is 15.7. The minimum Gasteiger partial charge on any atom is -0.309 e. The summed E-state index contributed by atoms with van der Waals surface area (Å²) >= 11 is 3.32. The van der Waals surface area contributed by atoms with Crippen molar-refractivity contribution in [3.05, 3.63) is 142 Å².